The van der Waals surface area contributed by atoms with Gasteiger partial charge in [0.05, 0.1) is 11.9 Å². The monoisotopic (exact) mass is 364 g/mol. The molecule has 0 bridgehead atoms. The van der Waals surface area contributed by atoms with Crippen LogP contribution in [0.15, 0.2) is 11.1 Å². The summed E-state index contributed by atoms with van der Waals surface area (Å²) >= 11 is 0. The Balaban J connectivity index is 0.00000264. The minimum absolute atomic E-state index is 0. The maximum absolute atomic E-state index is 12.0. The first-order valence-electron chi connectivity index (χ1n) is 7.65. The highest BCUT2D eigenvalue weighted by Gasteiger charge is 2.25. The number of aromatic nitrogens is 2. The van der Waals surface area contributed by atoms with Crippen LogP contribution >= 0.6 is 12.4 Å². The van der Waals surface area contributed by atoms with Gasteiger partial charge in [0.25, 0.3) is 0 Å². The Morgan fingerprint density at radius 3 is 2.83 bits per heavy atom. The topological polar surface area (TPSA) is 104 Å². The van der Waals surface area contributed by atoms with Gasteiger partial charge in [-0.15, -0.1) is 12.4 Å². The highest BCUT2D eigenvalue weighted by molar-refractivity contribution is 7.90. The van der Waals surface area contributed by atoms with E-state index in [0.29, 0.717) is 24.6 Å². The summed E-state index contributed by atoms with van der Waals surface area (Å²) in [7, 11) is -3.34. The van der Waals surface area contributed by atoms with Crippen molar-refractivity contribution in [1.82, 2.24) is 15.3 Å². The van der Waals surface area contributed by atoms with E-state index in [-0.39, 0.29) is 29.8 Å². The number of unbranched alkanes of at least 4 members (excludes halogenated alkanes) is 1. The fourth-order valence-electron chi connectivity index (χ4n) is 2.57. The van der Waals surface area contributed by atoms with Crippen LogP contribution in [-0.4, -0.2) is 56.0 Å². The van der Waals surface area contributed by atoms with Crippen LogP contribution in [0.5, 0.6) is 0 Å². The van der Waals surface area contributed by atoms with Crippen molar-refractivity contribution >= 4 is 28.2 Å². The van der Waals surface area contributed by atoms with Gasteiger partial charge in [-0.25, -0.2) is 18.4 Å². The number of aliphatic hydroxyl groups excluding tert-OH is 1. The summed E-state index contributed by atoms with van der Waals surface area (Å²) < 4.78 is 23.9. The molecule has 1 aliphatic rings. The molecule has 2 rings (SSSR count). The summed E-state index contributed by atoms with van der Waals surface area (Å²) in [4.78, 5) is 8.79. The van der Waals surface area contributed by atoms with Crippen LogP contribution in [-0.2, 0) is 9.84 Å². The van der Waals surface area contributed by atoms with Crippen molar-refractivity contribution in [2.75, 3.05) is 37.8 Å². The van der Waals surface area contributed by atoms with Crippen molar-refractivity contribution in [2.45, 2.75) is 36.5 Å². The molecule has 1 atom stereocenters. The molecule has 0 spiro atoms. The number of aliphatic hydroxyl groups is 1. The molecule has 2 heterocycles. The Labute approximate surface area is 143 Å². The number of anilines is 1. The van der Waals surface area contributed by atoms with Gasteiger partial charge >= 0.3 is 0 Å². The average Bonchev–Trinajstić information content (AvgIpc) is 2.51. The number of sulfone groups is 1. The molecule has 0 saturated carbocycles. The van der Waals surface area contributed by atoms with Crippen LogP contribution in [0.4, 0.5) is 5.95 Å². The molecule has 1 saturated heterocycles. The molecule has 7 nitrogen and oxygen atoms in total. The Morgan fingerprint density at radius 1 is 1.43 bits per heavy atom. The lowest BCUT2D eigenvalue weighted by Crippen LogP contribution is -2.30. The minimum atomic E-state index is -3.34. The summed E-state index contributed by atoms with van der Waals surface area (Å²) in [6, 6.07) is 0. The number of hydrogen-bond acceptors (Lipinski definition) is 7. The van der Waals surface area contributed by atoms with Crippen LogP contribution in [0, 0.1) is 0 Å². The molecule has 23 heavy (non-hydrogen) atoms. The lowest BCUT2D eigenvalue weighted by molar-refractivity contribution is 0.286. The van der Waals surface area contributed by atoms with E-state index in [4.69, 9.17) is 5.11 Å². The number of nitrogens with zero attached hydrogens (tertiary/aromatic N) is 2. The number of rotatable bonds is 7. The largest absolute Gasteiger partial charge is 0.396 e. The van der Waals surface area contributed by atoms with Gasteiger partial charge in [-0.05, 0) is 32.2 Å². The molecular weight excluding hydrogens is 340 g/mol. The molecule has 0 radical (unpaired) electrons. The number of piperidine rings is 1. The van der Waals surface area contributed by atoms with E-state index in [1.807, 2.05) is 0 Å². The van der Waals surface area contributed by atoms with Gasteiger partial charge in [-0.3, -0.25) is 0 Å². The Hall–Kier alpha value is -0.960. The highest BCUT2D eigenvalue weighted by atomic mass is 35.5. The van der Waals surface area contributed by atoms with Gasteiger partial charge in [0.1, 0.15) is 4.90 Å². The Kier molecular flexibility index (Phi) is 8.18. The lowest BCUT2D eigenvalue weighted by Gasteiger charge is -2.24. The summed E-state index contributed by atoms with van der Waals surface area (Å²) in [5.41, 5.74) is 0.606. The van der Waals surface area contributed by atoms with E-state index in [2.05, 4.69) is 20.6 Å². The van der Waals surface area contributed by atoms with Crippen LogP contribution < -0.4 is 10.6 Å². The molecule has 1 aromatic rings. The molecule has 1 aliphatic heterocycles. The van der Waals surface area contributed by atoms with Crippen molar-refractivity contribution in [2.24, 2.45) is 0 Å². The van der Waals surface area contributed by atoms with Gasteiger partial charge in [-0.1, -0.05) is 0 Å². The maximum atomic E-state index is 12.0. The highest BCUT2D eigenvalue weighted by Crippen LogP contribution is 2.27. The zero-order valence-electron chi connectivity index (χ0n) is 13.3. The zero-order chi connectivity index (χ0) is 16.0. The summed E-state index contributed by atoms with van der Waals surface area (Å²) in [6.45, 7) is 2.52. The first-order chi connectivity index (χ1) is 10.5. The summed E-state index contributed by atoms with van der Waals surface area (Å²) in [6.07, 6.45) is 6.07. The maximum Gasteiger partial charge on any atom is 0.222 e. The van der Waals surface area contributed by atoms with E-state index >= 15 is 0 Å². The Morgan fingerprint density at radius 2 is 2.22 bits per heavy atom. The average molecular weight is 365 g/mol. The third-order valence-electron chi connectivity index (χ3n) is 3.73. The van der Waals surface area contributed by atoms with Gasteiger partial charge < -0.3 is 15.7 Å². The van der Waals surface area contributed by atoms with Crippen LogP contribution in [0.25, 0.3) is 0 Å². The minimum Gasteiger partial charge on any atom is -0.396 e. The third-order valence-corrected chi connectivity index (χ3v) is 4.85. The van der Waals surface area contributed by atoms with Crippen LogP contribution in [0.1, 0.15) is 37.3 Å². The van der Waals surface area contributed by atoms with Crippen molar-refractivity contribution in [3.63, 3.8) is 0 Å². The standard InChI is InChI=1S/C14H24N4O3S.ClH/c1-22(20,21)12-10-17-14(16-7-2-3-8-19)18-13(12)11-5-4-6-15-9-11;/h10-11,15,19H,2-9H2,1H3,(H,16,17,18);1H. The fourth-order valence-corrected chi connectivity index (χ4v) is 3.41. The van der Waals surface area contributed by atoms with Gasteiger partial charge in [0, 0.05) is 31.9 Å². The zero-order valence-corrected chi connectivity index (χ0v) is 14.9. The molecule has 0 aromatic carbocycles. The van der Waals surface area contributed by atoms with E-state index < -0.39 is 9.84 Å². The first-order valence-corrected chi connectivity index (χ1v) is 9.54. The molecule has 9 heteroatoms. The predicted octanol–water partition coefficient (Wildman–Crippen LogP) is 0.953. The molecular formula is C14H25ClN4O3S. The van der Waals surface area contributed by atoms with Crippen molar-refractivity contribution < 1.29 is 13.5 Å². The third kappa shape index (κ3) is 5.87. The molecule has 0 aliphatic carbocycles. The van der Waals surface area contributed by atoms with Crippen molar-refractivity contribution in [1.29, 1.82) is 0 Å². The first kappa shape index (κ1) is 20.1. The van der Waals surface area contributed by atoms with Crippen molar-refractivity contribution in [3.05, 3.63) is 11.9 Å². The van der Waals surface area contributed by atoms with Crippen LogP contribution in [0.2, 0.25) is 0 Å². The molecule has 1 unspecified atom stereocenters. The van der Waals surface area contributed by atoms with E-state index in [9.17, 15) is 8.42 Å². The van der Waals surface area contributed by atoms with Gasteiger partial charge in [0.15, 0.2) is 9.84 Å². The van der Waals surface area contributed by atoms with Gasteiger partial charge in [-0.2, -0.15) is 0 Å². The molecule has 1 aromatic heterocycles. The second kappa shape index (κ2) is 9.36. The van der Waals surface area contributed by atoms with E-state index in [1.54, 1.807) is 0 Å². The SMILES string of the molecule is CS(=O)(=O)c1cnc(NCCCCO)nc1C1CCCNC1.Cl. The molecule has 132 valence electrons. The van der Waals surface area contributed by atoms with Gasteiger partial charge in [0.2, 0.25) is 5.95 Å². The quantitative estimate of drug-likeness (QED) is 0.619. The second-order valence-electron chi connectivity index (χ2n) is 5.62. The molecule has 3 N–H and O–H groups in total. The lowest BCUT2D eigenvalue weighted by atomic mass is 9.96. The Bertz CT molecular complexity index is 592. The van der Waals surface area contributed by atoms with Crippen molar-refractivity contribution in [3.8, 4) is 0 Å². The summed E-state index contributed by atoms with van der Waals surface area (Å²) in [5.74, 6) is 0.547. The smallest absolute Gasteiger partial charge is 0.222 e. The van der Waals surface area contributed by atoms with E-state index in [0.717, 1.165) is 32.4 Å². The molecule has 0 amide bonds. The molecule has 1 fully saturated rings. The van der Waals surface area contributed by atoms with Crippen LogP contribution in [0.3, 0.4) is 0 Å². The number of nitrogens with one attached hydrogen (secondary N) is 2. The predicted molar refractivity (Wildman–Crippen MR) is 92.0 cm³/mol. The van der Waals surface area contributed by atoms with E-state index in [1.165, 1.54) is 12.5 Å². The normalized spacial score (nSPS) is 18.3. The number of hydrogen-bond donors (Lipinski definition) is 3. The fraction of sp³-hybridized carbons (Fsp3) is 0.714. The number of halogens is 1. The second-order valence-corrected chi connectivity index (χ2v) is 7.60. The summed E-state index contributed by atoms with van der Waals surface area (Å²) in [5, 5.41) is 15.1.